The van der Waals surface area contributed by atoms with Crippen molar-refractivity contribution in [2.45, 2.75) is 20.8 Å². The van der Waals surface area contributed by atoms with E-state index in [4.69, 9.17) is 4.74 Å². The van der Waals surface area contributed by atoms with E-state index in [-0.39, 0.29) is 5.78 Å². The fourth-order valence-corrected chi connectivity index (χ4v) is 3.88. The van der Waals surface area contributed by atoms with Crippen LogP contribution in [0.1, 0.15) is 39.8 Å². The van der Waals surface area contributed by atoms with Gasteiger partial charge in [0.1, 0.15) is 11.5 Å². The zero-order chi connectivity index (χ0) is 23.9. The van der Waals surface area contributed by atoms with Gasteiger partial charge < -0.3 is 9.30 Å². The van der Waals surface area contributed by atoms with E-state index in [0.717, 1.165) is 34.0 Å². The smallest absolute Gasteiger partial charge is 0.213 e. The van der Waals surface area contributed by atoms with Crippen LogP contribution in [0.4, 0.5) is 0 Å². The summed E-state index contributed by atoms with van der Waals surface area (Å²) >= 11 is 0. The van der Waals surface area contributed by atoms with Crippen molar-refractivity contribution in [1.29, 1.82) is 0 Å². The third-order valence-corrected chi connectivity index (χ3v) is 5.53. The minimum Gasteiger partial charge on any atom is -0.494 e. The fraction of sp³-hybridized carbons (Fsp3) is 0.138. The number of carbonyl (C=O) groups excluding carboxylic acids is 1. The van der Waals surface area contributed by atoms with Crippen molar-refractivity contribution in [3.05, 3.63) is 119 Å². The van der Waals surface area contributed by atoms with E-state index < -0.39 is 0 Å². The van der Waals surface area contributed by atoms with Gasteiger partial charge in [0.25, 0.3) is 0 Å². The molecule has 0 atom stereocenters. The van der Waals surface area contributed by atoms with Gasteiger partial charge in [-0.3, -0.25) is 4.79 Å². The predicted molar refractivity (Wildman–Crippen MR) is 138 cm³/mol. The van der Waals surface area contributed by atoms with Crippen molar-refractivity contribution < 1.29 is 9.53 Å². The van der Waals surface area contributed by atoms with Gasteiger partial charge in [-0.2, -0.15) is 5.10 Å². The first kappa shape index (κ1) is 22.9. The number of carbonyl (C=O) groups is 1. The van der Waals surface area contributed by atoms with Gasteiger partial charge in [0.2, 0.25) is 5.78 Å². The first-order valence-electron chi connectivity index (χ1n) is 11.3. The molecule has 0 N–H and O–H groups in total. The first-order chi connectivity index (χ1) is 16.6. The van der Waals surface area contributed by atoms with Crippen LogP contribution >= 0.6 is 0 Å². The summed E-state index contributed by atoms with van der Waals surface area (Å²) in [6.07, 6.45) is 1.70. The number of hydrogen-bond acceptors (Lipinski definition) is 4. The largest absolute Gasteiger partial charge is 0.494 e. The normalized spacial score (nSPS) is 11.7. The van der Waals surface area contributed by atoms with Gasteiger partial charge in [0, 0.05) is 33.8 Å². The lowest BCUT2D eigenvalue weighted by Gasteiger charge is -2.10. The molecule has 0 aliphatic carbocycles. The van der Waals surface area contributed by atoms with Crippen molar-refractivity contribution in [3.8, 4) is 11.4 Å². The Labute approximate surface area is 200 Å². The molecule has 170 valence electrons. The van der Waals surface area contributed by atoms with Crippen LogP contribution in [0.5, 0.6) is 5.75 Å². The molecule has 0 fully saturated rings. The maximum absolute atomic E-state index is 13.2. The van der Waals surface area contributed by atoms with Crippen LogP contribution in [0, 0.1) is 13.8 Å². The lowest BCUT2D eigenvalue weighted by Crippen LogP contribution is -2.15. The molecule has 0 saturated carbocycles. The van der Waals surface area contributed by atoms with Gasteiger partial charge >= 0.3 is 0 Å². The Morgan fingerprint density at radius 2 is 1.50 bits per heavy atom. The summed E-state index contributed by atoms with van der Waals surface area (Å²) in [6, 6.07) is 28.6. The molecule has 34 heavy (non-hydrogen) atoms. The molecule has 5 nitrogen and oxygen atoms in total. The van der Waals surface area contributed by atoms with E-state index in [0.29, 0.717) is 17.9 Å². The van der Waals surface area contributed by atoms with Crippen LogP contribution in [-0.4, -0.2) is 28.9 Å². The van der Waals surface area contributed by atoms with Crippen molar-refractivity contribution in [2.24, 2.45) is 10.2 Å². The van der Waals surface area contributed by atoms with Crippen LogP contribution in [-0.2, 0) is 0 Å². The predicted octanol–water partition coefficient (Wildman–Crippen LogP) is 6.20. The molecule has 5 heteroatoms. The molecule has 4 rings (SSSR count). The molecule has 4 aromatic rings. The molecule has 0 radical (unpaired) electrons. The van der Waals surface area contributed by atoms with Crippen molar-refractivity contribution in [3.63, 3.8) is 0 Å². The first-order valence-corrected chi connectivity index (χ1v) is 11.3. The van der Waals surface area contributed by atoms with Gasteiger partial charge in [0.15, 0.2) is 0 Å². The van der Waals surface area contributed by atoms with E-state index in [2.05, 4.69) is 27.8 Å². The number of ether oxygens (including phenoxy) is 1. The molecule has 1 aromatic heterocycles. The minimum absolute atomic E-state index is 0.163. The topological polar surface area (TPSA) is 55.9 Å². The zero-order valence-electron chi connectivity index (χ0n) is 19.6. The Morgan fingerprint density at radius 1 is 0.882 bits per heavy atom. The number of aryl methyl sites for hydroxylation is 1. The maximum Gasteiger partial charge on any atom is 0.213 e. The van der Waals surface area contributed by atoms with E-state index in [1.165, 1.54) is 0 Å². The summed E-state index contributed by atoms with van der Waals surface area (Å²) in [5.74, 6) is 0.685. The zero-order valence-corrected chi connectivity index (χ0v) is 19.6. The standard InChI is InChI=1S/C29H27N3O2/c1-4-34-27-17-15-26(16-18-27)32-21(2)19-25(22(32)3)20-30-31-28(23-11-7-5-8-12-23)29(33)24-13-9-6-10-14-24/h5-20H,4H2,1-3H3/b30-20-,31-28-. The average Bonchev–Trinajstić information content (AvgIpc) is 3.16. The molecular formula is C29H27N3O2. The second-order valence-electron chi connectivity index (χ2n) is 7.84. The highest BCUT2D eigenvalue weighted by Gasteiger charge is 2.16. The van der Waals surface area contributed by atoms with Crippen molar-refractivity contribution in [1.82, 2.24) is 4.57 Å². The molecule has 0 unspecified atom stereocenters. The second kappa shape index (κ2) is 10.6. The Kier molecular flexibility index (Phi) is 7.13. The van der Waals surface area contributed by atoms with Crippen molar-refractivity contribution in [2.75, 3.05) is 6.61 Å². The van der Waals surface area contributed by atoms with Gasteiger partial charge in [-0.05, 0) is 51.1 Å². The number of rotatable bonds is 8. The Morgan fingerprint density at radius 3 is 2.12 bits per heavy atom. The highest BCUT2D eigenvalue weighted by Crippen LogP contribution is 2.22. The van der Waals surface area contributed by atoms with E-state index >= 15 is 0 Å². The quantitative estimate of drug-likeness (QED) is 0.183. The Hall–Kier alpha value is -4.25. The van der Waals surface area contributed by atoms with Crippen LogP contribution in [0.2, 0.25) is 0 Å². The van der Waals surface area contributed by atoms with E-state index in [1.54, 1.807) is 18.3 Å². The number of hydrogen-bond donors (Lipinski definition) is 0. The van der Waals surface area contributed by atoms with Gasteiger partial charge in [-0.25, -0.2) is 0 Å². The summed E-state index contributed by atoms with van der Waals surface area (Å²) in [4.78, 5) is 13.2. The van der Waals surface area contributed by atoms with Crippen LogP contribution < -0.4 is 4.74 Å². The van der Waals surface area contributed by atoms with Gasteiger partial charge in [0.05, 0.1) is 12.8 Å². The Balaban J connectivity index is 1.65. The number of nitrogens with zero attached hydrogens (tertiary/aromatic N) is 3. The molecule has 0 amide bonds. The summed E-state index contributed by atoms with van der Waals surface area (Å²) < 4.78 is 7.71. The second-order valence-corrected chi connectivity index (χ2v) is 7.84. The van der Waals surface area contributed by atoms with Gasteiger partial charge in [-0.1, -0.05) is 60.7 Å². The monoisotopic (exact) mass is 449 g/mol. The van der Waals surface area contributed by atoms with Crippen LogP contribution in [0.25, 0.3) is 5.69 Å². The van der Waals surface area contributed by atoms with Crippen LogP contribution in [0.15, 0.2) is 101 Å². The van der Waals surface area contributed by atoms with Gasteiger partial charge in [-0.15, -0.1) is 5.10 Å². The van der Waals surface area contributed by atoms with E-state index in [1.807, 2.05) is 86.6 Å². The molecule has 0 saturated heterocycles. The molecule has 1 heterocycles. The highest BCUT2D eigenvalue weighted by molar-refractivity contribution is 6.51. The average molecular weight is 450 g/mol. The summed E-state index contributed by atoms with van der Waals surface area (Å²) in [5, 5.41) is 8.68. The Bertz CT molecular complexity index is 1320. The molecule has 0 aliphatic rings. The molecule has 3 aromatic carbocycles. The third kappa shape index (κ3) is 5.04. The SMILES string of the molecule is CCOc1ccc(-n2c(C)cc(/C=N\N=C(/C(=O)c3ccccc3)c3ccccc3)c2C)cc1. The summed E-state index contributed by atoms with van der Waals surface area (Å²) in [7, 11) is 0. The number of benzene rings is 3. The summed E-state index contributed by atoms with van der Waals surface area (Å²) in [6.45, 7) is 6.71. The maximum atomic E-state index is 13.2. The van der Waals surface area contributed by atoms with E-state index in [9.17, 15) is 4.79 Å². The molecule has 0 spiro atoms. The number of aromatic nitrogens is 1. The number of Topliss-reactive ketones (excluding diaryl/α,β-unsaturated/α-hetero) is 1. The summed E-state index contributed by atoms with van der Waals surface area (Å²) in [5.41, 5.74) is 5.72. The fourth-order valence-electron chi connectivity index (χ4n) is 3.88. The molecular weight excluding hydrogens is 422 g/mol. The third-order valence-electron chi connectivity index (χ3n) is 5.53. The highest BCUT2D eigenvalue weighted by atomic mass is 16.5. The van der Waals surface area contributed by atoms with Crippen LogP contribution in [0.3, 0.4) is 0 Å². The molecule has 0 bridgehead atoms. The van der Waals surface area contributed by atoms with Crippen molar-refractivity contribution >= 4 is 17.7 Å². The molecule has 0 aliphatic heterocycles. The lowest BCUT2D eigenvalue weighted by atomic mass is 10.0. The lowest BCUT2D eigenvalue weighted by molar-refractivity contribution is 0.106. The minimum atomic E-state index is -0.163. The number of ketones is 1.